The average Bonchev–Trinajstić information content (AvgIpc) is 2.71. The maximum absolute atomic E-state index is 12.2. The number of thiophene rings is 1. The van der Waals surface area contributed by atoms with Gasteiger partial charge < -0.3 is 10.1 Å². The Morgan fingerprint density at radius 1 is 1.47 bits per heavy atom. The van der Waals surface area contributed by atoms with Gasteiger partial charge in [-0.2, -0.15) is 13.2 Å². The van der Waals surface area contributed by atoms with Gasteiger partial charge in [-0.25, -0.2) is 0 Å². The molecule has 17 heavy (non-hydrogen) atoms. The first-order chi connectivity index (χ1) is 7.96. The maximum Gasteiger partial charge on any atom is 0.389 e. The molecule has 0 amide bonds. The van der Waals surface area contributed by atoms with Gasteiger partial charge in [-0.15, -0.1) is 11.3 Å². The number of hydrogen-bond acceptors (Lipinski definition) is 3. The molecule has 0 aliphatic heterocycles. The number of nitrogens with one attached hydrogen (secondary N) is 1. The summed E-state index contributed by atoms with van der Waals surface area (Å²) in [7, 11) is 1.55. The first kappa shape index (κ1) is 14.3. The molecule has 1 rings (SSSR count). The van der Waals surface area contributed by atoms with Crippen molar-refractivity contribution < 1.29 is 17.9 Å². The van der Waals surface area contributed by atoms with Crippen LogP contribution in [0.3, 0.4) is 0 Å². The fourth-order valence-electron chi connectivity index (χ4n) is 1.52. The van der Waals surface area contributed by atoms with E-state index in [9.17, 15) is 13.2 Å². The standard InChI is InChI=1S/C11H16F3NOS/c1-3-15-9(4-5-11(12,13)14)10-6-8(16-2)7-17-10/h6-7,9,15H,3-5H2,1-2H3. The highest BCUT2D eigenvalue weighted by Crippen LogP contribution is 2.32. The summed E-state index contributed by atoms with van der Waals surface area (Å²) in [5.41, 5.74) is 0. The quantitative estimate of drug-likeness (QED) is 0.847. The average molecular weight is 267 g/mol. The van der Waals surface area contributed by atoms with Crippen molar-refractivity contribution in [2.75, 3.05) is 13.7 Å². The van der Waals surface area contributed by atoms with Crippen molar-refractivity contribution in [2.45, 2.75) is 32.0 Å². The van der Waals surface area contributed by atoms with E-state index in [4.69, 9.17) is 4.74 Å². The topological polar surface area (TPSA) is 21.3 Å². The molecule has 2 nitrogen and oxygen atoms in total. The number of halogens is 3. The first-order valence-corrected chi connectivity index (χ1v) is 6.26. The lowest BCUT2D eigenvalue weighted by atomic mass is 10.1. The molecule has 1 aromatic rings. The molecule has 1 heterocycles. The minimum atomic E-state index is -4.10. The molecule has 0 aromatic carbocycles. The van der Waals surface area contributed by atoms with Crippen molar-refractivity contribution in [2.24, 2.45) is 0 Å². The summed E-state index contributed by atoms with van der Waals surface area (Å²) in [6.45, 7) is 2.52. The lowest BCUT2D eigenvalue weighted by Gasteiger charge is -2.17. The lowest BCUT2D eigenvalue weighted by Crippen LogP contribution is -2.22. The van der Waals surface area contributed by atoms with Gasteiger partial charge in [0.25, 0.3) is 0 Å². The number of alkyl halides is 3. The van der Waals surface area contributed by atoms with Gasteiger partial charge >= 0.3 is 6.18 Å². The molecule has 0 spiro atoms. The maximum atomic E-state index is 12.2. The van der Waals surface area contributed by atoms with Crippen LogP contribution in [0.25, 0.3) is 0 Å². The molecule has 98 valence electrons. The van der Waals surface area contributed by atoms with Gasteiger partial charge in [-0.1, -0.05) is 6.92 Å². The van der Waals surface area contributed by atoms with Crippen LogP contribution < -0.4 is 10.1 Å². The van der Waals surface area contributed by atoms with Gasteiger partial charge in [0.2, 0.25) is 0 Å². The van der Waals surface area contributed by atoms with Gasteiger partial charge in [0.05, 0.1) is 7.11 Å². The SMILES string of the molecule is CCNC(CCC(F)(F)F)c1cc(OC)cs1. The summed E-state index contributed by atoms with van der Waals surface area (Å²) in [6.07, 6.45) is -4.82. The van der Waals surface area contributed by atoms with Crippen LogP contribution in [0.2, 0.25) is 0 Å². The predicted octanol–water partition coefficient (Wildman–Crippen LogP) is 3.75. The highest BCUT2D eigenvalue weighted by Gasteiger charge is 2.28. The monoisotopic (exact) mass is 267 g/mol. The second kappa shape index (κ2) is 6.26. The Balaban J connectivity index is 2.64. The molecule has 1 unspecified atom stereocenters. The number of hydrogen-bond donors (Lipinski definition) is 1. The molecule has 1 atom stereocenters. The largest absolute Gasteiger partial charge is 0.496 e. The van der Waals surface area contributed by atoms with Crippen LogP contribution in [0.15, 0.2) is 11.4 Å². The first-order valence-electron chi connectivity index (χ1n) is 5.38. The Hall–Kier alpha value is -0.750. The van der Waals surface area contributed by atoms with E-state index >= 15 is 0 Å². The molecule has 0 aliphatic rings. The number of rotatable bonds is 6. The van der Waals surface area contributed by atoms with Gasteiger partial charge in [0.1, 0.15) is 5.75 Å². The highest BCUT2D eigenvalue weighted by atomic mass is 32.1. The van der Waals surface area contributed by atoms with E-state index in [1.165, 1.54) is 11.3 Å². The summed E-state index contributed by atoms with van der Waals surface area (Å²) < 4.78 is 41.6. The van der Waals surface area contributed by atoms with Gasteiger partial charge in [0.15, 0.2) is 0 Å². The summed E-state index contributed by atoms with van der Waals surface area (Å²) >= 11 is 1.42. The number of ether oxygens (including phenoxy) is 1. The Morgan fingerprint density at radius 3 is 2.65 bits per heavy atom. The zero-order valence-corrected chi connectivity index (χ0v) is 10.6. The van der Waals surface area contributed by atoms with E-state index in [0.29, 0.717) is 12.3 Å². The summed E-state index contributed by atoms with van der Waals surface area (Å²) in [5, 5.41) is 4.86. The smallest absolute Gasteiger partial charge is 0.389 e. The Kier molecular flexibility index (Phi) is 5.27. The third kappa shape index (κ3) is 4.95. The van der Waals surface area contributed by atoms with Crippen molar-refractivity contribution in [1.29, 1.82) is 0 Å². The fourth-order valence-corrected chi connectivity index (χ4v) is 2.49. The molecule has 0 fully saturated rings. The van der Waals surface area contributed by atoms with E-state index in [1.807, 2.05) is 6.92 Å². The van der Waals surface area contributed by atoms with E-state index in [1.54, 1.807) is 18.6 Å². The molecule has 0 aliphatic carbocycles. The van der Waals surface area contributed by atoms with Crippen molar-refractivity contribution >= 4 is 11.3 Å². The highest BCUT2D eigenvalue weighted by molar-refractivity contribution is 7.10. The minimum absolute atomic E-state index is 0.0566. The van der Waals surface area contributed by atoms with E-state index in [-0.39, 0.29) is 12.5 Å². The van der Waals surface area contributed by atoms with Crippen LogP contribution in [0.1, 0.15) is 30.7 Å². The number of methoxy groups -OCH3 is 1. The van der Waals surface area contributed by atoms with Crippen molar-refractivity contribution in [3.05, 3.63) is 16.3 Å². The molecular weight excluding hydrogens is 251 g/mol. The van der Waals surface area contributed by atoms with Crippen molar-refractivity contribution in [3.63, 3.8) is 0 Å². The fraction of sp³-hybridized carbons (Fsp3) is 0.636. The Bertz CT molecular complexity index is 338. The molecular formula is C11H16F3NOS. The van der Waals surface area contributed by atoms with E-state index in [0.717, 1.165) is 4.88 Å². The second-order valence-electron chi connectivity index (χ2n) is 3.65. The van der Waals surface area contributed by atoms with Crippen LogP contribution in [-0.4, -0.2) is 19.8 Å². The molecule has 6 heteroatoms. The molecule has 0 bridgehead atoms. The summed E-state index contributed by atoms with van der Waals surface area (Å²) in [4.78, 5) is 0.882. The van der Waals surface area contributed by atoms with Crippen LogP contribution in [0.4, 0.5) is 13.2 Å². The van der Waals surface area contributed by atoms with Crippen LogP contribution in [0, 0.1) is 0 Å². The van der Waals surface area contributed by atoms with E-state index in [2.05, 4.69) is 5.32 Å². The zero-order valence-electron chi connectivity index (χ0n) is 9.80. The molecule has 0 saturated heterocycles. The minimum Gasteiger partial charge on any atom is -0.496 e. The van der Waals surface area contributed by atoms with Crippen molar-refractivity contribution in [3.8, 4) is 5.75 Å². The molecule has 0 saturated carbocycles. The Morgan fingerprint density at radius 2 is 2.18 bits per heavy atom. The second-order valence-corrected chi connectivity index (χ2v) is 4.60. The van der Waals surface area contributed by atoms with Crippen LogP contribution in [0.5, 0.6) is 5.75 Å². The molecule has 1 N–H and O–H groups in total. The third-order valence-corrected chi connectivity index (χ3v) is 3.37. The van der Waals surface area contributed by atoms with Gasteiger partial charge in [-0.3, -0.25) is 0 Å². The summed E-state index contributed by atoms with van der Waals surface area (Å²) in [5.74, 6) is 0.694. The molecule has 0 radical (unpaired) electrons. The van der Waals surface area contributed by atoms with Crippen molar-refractivity contribution in [1.82, 2.24) is 5.32 Å². The van der Waals surface area contributed by atoms with Crippen LogP contribution in [-0.2, 0) is 0 Å². The predicted molar refractivity (Wildman–Crippen MR) is 62.6 cm³/mol. The van der Waals surface area contributed by atoms with Gasteiger partial charge in [0, 0.05) is 22.7 Å². The van der Waals surface area contributed by atoms with Crippen LogP contribution >= 0.6 is 11.3 Å². The van der Waals surface area contributed by atoms with E-state index < -0.39 is 12.6 Å². The third-order valence-electron chi connectivity index (χ3n) is 2.34. The normalized spacial score (nSPS) is 13.7. The van der Waals surface area contributed by atoms with Gasteiger partial charge in [-0.05, 0) is 19.0 Å². The zero-order chi connectivity index (χ0) is 12.9. The molecule has 1 aromatic heterocycles. The Labute approximate surface area is 103 Å². The summed E-state index contributed by atoms with van der Waals surface area (Å²) in [6, 6.07) is 1.53. The lowest BCUT2D eigenvalue weighted by molar-refractivity contribution is -0.136.